The molecule has 0 spiro atoms. The van der Waals surface area contributed by atoms with Crippen LogP contribution in [0.15, 0.2) is 78.9 Å². The third-order valence-electron chi connectivity index (χ3n) is 5.07. The van der Waals surface area contributed by atoms with Crippen LogP contribution in [0.4, 0.5) is 0 Å². The van der Waals surface area contributed by atoms with Gasteiger partial charge < -0.3 is 19.7 Å². The summed E-state index contributed by atoms with van der Waals surface area (Å²) in [6.07, 6.45) is -1.41. The molecule has 5 nitrogen and oxygen atoms in total. The molecule has 0 saturated carbocycles. The van der Waals surface area contributed by atoms with Crippen molar-refractivity contribution < 1.29 is 19.7 Å². The van der Waals surface area contributed by atoms with E-state index in [-0.39, 0.29) is 0 Å². The van der Waals surface area contributed by atoms with Gasteiger partial charge in [0, 0.05) is 19.6 Å². The van der Waals surface area contributed by atoms with Crippen LogP contribution in [0, 0.1) is 0 Å². The van der Waals surface area contributed by atoms with Crippen molar-refractivity contribution in [1.82, 2.24) is 4.90 Å². The number of rotatable bonds is 10. The number of aliphatic hydroxyl groups excluding tert-OH is 2. The molecule has 5 heteroatoms. The fourth-order valence-corrected chi connectivity index (χ4v) is 3.44. The van der Waals surface area contributed by atoms with Crippen molar-refractivity contribution in [2.24, 2.45) is 0 Å². The first-order valence-corrected chi connectivity index (χ1v) is 9.99. The molecule has 2 N–H and O–H groups in total. The second-order valence-electron chi connectivity index (χ2n) is 7.26. The zero-order valence-electron chi connectivity index (χ0n) is 17.4. The van der Waals surface area contributed by atoms with Crippen LogP contribution in [0.5, 0.6) is 11.5 Å². The molecule has 0 aliphatic heterocycles. The lowest BCUT2D eigenvalue weighted by Gasteiger charge is -2.28. The highest BCUT2D eigenvalue weighted by atomic mass is 16.5. The Morgan fingerprint density at radius 1 is 0.700 bits per heavy atom. The minimum absolute atomic E-state index is 0.378. The maximum atomic E-state index is 10.9. The van der Waals surface area contributed by atoms with Crippen LogP contribution in [0.1, 0.15) is 28.9 Å². The molecule has 0 fully saturated rings. The molecular formula is C25H29NO4. The maximum absolute atomic E-state index is 10.9. The first-order valence-electron chi connectivity index (χ1n) is 9.99. The first kappa shape index (κ1) is 21.8. The van der Waals surface area contributed by atoms with E-state index in [4.69, 9.17) is 9.47 Å². The number of methoxy groups -OCH3 is 2. The molecule has 3 rings (SSSR count). The van der Waals surface area contributed by atoms with E-state index in [1.54, 1.807) is 14.2 Å². The Morgan fingerprint density at radius 3 is 1.67 bits per heavy atom. The smallest absolute Gasteiger partial charge is 0.119 e. The standard InChI is InChI=1S/C25H29NO4/c1-29-22-12-6-10-20(14-22)24(27)17-26(16-19-8-4-3-5-9-19)18-25(28)21-11-7-13-23(15-21)30-2/h3-15,24-25,27-28H,16-18H2,1-2H3. The van der Waals surface area contributed by atoms with Gasteiger partial charge in [0.25, 0.3) is 0 Å². The van der Waals surface area contributed by atoms with E-state index in [1.807, 2.05) is 78.9 Å². The van der Waals surface area contributed by atoms with Gasteiger partial charge in [0.15, 0.2) is 0 Å². The summed E-state index contributed by atoms with van der Waals surface area (Å²) in [6.45, 7) is 1.37. The molecular weight excluding hydrogens is 378 g/mol. The molecule has 0 heterocycles. The van der Waals surface area contributed by atoms with Gasteiger partial charge in [-0.2, -0.15) is 0 Å². The van der Waals surface area contributed by atoms with E-state index < -0.39 is 12.2 Å². The highest BCUT2D eigenvalue weighted by Crippen LogP contribution is 2.24. The van der Waals surface area contributed by atoms with Crippen molar-refractivity contribution in [1.29, 1.82) is 0 Å². The molecule has 0 aliphatic rings. The second kappa shape index (κ2) is 10.8. The quantitative estimate of drug-likeness (QED) is 0.532. The average molecular weight is 408 g/mol. The highest BCUT2D eigenvalue weighted by molar-refractivity contribution is 5.31. The summed E-state index contributed by atoms with van der Waals surface area (Å²) < 4.78 is 10.5. The van der Waals surface area contributed by atoms with Gasteiger partial charge in [0.1, 0.15) is 11.5 Å². The van der Waals surface area contributed by atoms with Gasteiger partial charge in [-0.3, -0.25) is 4.90 Å². The van der Waals surface area contributed by atoms with Crippen LogP contribution in [-0.2, 0) is 6.54 Å². The molecule has 3 aromatic carbocycles. The summed E-state index contributed by atoms with van der Waals surface area (Å²) in [5, 5.41) is 21.7. The third-order valence-corrected chi connectivity index (χ3v) is 5.07. The van der Waals surface area contributed by atoms with Gasteiger partial charge >= 0.3 is 0 Å². The molecule has 3 aromatic rings. The molecule has 0 aromatic heterocycles. The minimum atomic E-state index is -0.707. The normalized spacial score (nSPS) is 13.1. The van der Waals surface area contributed by atoms with Crippen LogP contribution >= 0.6 is 0 Å². The molecule has 0 aliphatic carbocycles. The van der Waals surface area contributed by atoms with Crippen LogP contribution in [0.25, 0.3) is 0 Å². The van der Waals surface area contributed by atoms with Gasteiger partial charge in [-0.05, 0) is 41.0 Å². The topological polar surface area (TPSA) is 62.2 Å². The van der Waals surface area contributed by atoms with Crippen LogP contribution in [0.3, 0.4) is 0 Å². The lowest BCUT2D eigenvalue weighted by atomic mass is 10.1. The van der Waals surface area contributed by atoms with Crippen LogP contribution < -0.4 is 9.47 Å². The van der Waals surface area contributed by atoms with Crippen molar-refractivity contribution in [2.45, 2.75) is 18.8 Å². The Balaban J connectivity index is 1.77. The number of hydrogen-bond acceptors (Lipinski definition) is 5. The summed E-state index contributed by atoms with van der Waals surface area (Å²) in [5.41, 5.74) is 2.68. The summed E-state index contributed by atoms with van der Waals surface area (Å²) in [6, 6.07) is 24.9. The Morgan fingerprint density at radius 2 is 1.20 bits per heavy atom. The minimum Gasteiger partial charge on any atom is -0.497 e. The van der Waals surface area contributed by atoms with Crippen molar-refractivity contribution in [3.63, 3.8) is 0 Å². The highest BCUT2D eigenvalue weighted by Gasteiger charge is 2.19. The van der Waals surface area contributed by atoms with E-state index in [0.29, 0.717) is 31.1 Å². The van der Waals surface area contributed by atoms with Crippen LogP contribution in [-0.4, -0.2) is 42.4 Å². The number of ether oxygens (including phenoxy) is 2. The lowest BCUT2D eigenvalue weighted by Crippen LogP contribution is -2.32. The summed E-state index contributed by atoms with van der Waals surface area (Å²) in [7, 11) is 3.22. The Hall–Kier alpha value is -2.86. The molecule has 2 unspecified atom stereocenters. The SMILES string of the molecule is COc1cccc(C(O)CN(Cc2ccccc2)CC(O)c2cccc(OC)c2)c1. The van der Waals surface area contributed by atoms with Crippen LogP contribution in [0.2, 0.25) is 0 Å². The zero-order valence-corrected chi connectivity index (χ0v) is 17.4. The lowest BCUT2D eigenvalue weighted by molar-refractivity contribution is 0.0645. The fraction of sp³-hybridized carbons (Fsp3) is 0.280. The molecule has 2 atom stereocenters. The van der Waals surface area contributed by atoms with Gasteiger partial charge in [-0.15, -0.1) is 0 Å². The Kier molecular flexibility index (Phi) is 7.85. The van der Waals surface area contributed by atoms with Gasteiger partial charge in [0.05, 0.1) is 26.4 Å². The average Bonchev–Trinajstić information content (AvgIpc) is 2.79. The number of nitrogens with zero attached hydrogens (tertiary/aromatic N) is 1. The predicted octanol–water partition coefficient (Wildman–Crippen LogP) is 3.97. The summed E-state index contributed by atoms with van der Waals surface area (Å²) >= 11 is 0. The summed E-state index contributed by atoms with van der Waals surface area (Å²) in [5.74, 6) is 1.41. The Bertz CT molecular complexity index is 860. The Labute approximate surface area is 178 Å². The predicted molar refractivity (Wildman–Crippen MR) is 118 cm³/mol. The number of benzene rings is 3. The van der Waals surface area contributed by atoms with E-state index in [2.05, 4.69) is 4.90 Å². The van der Waals surface area contributed by atoms with Crippen molar-refractivity contribution in [3.8, 4) is 11.5 Å². The monoisotopic (exact) mass is 407 g/mol. The van der Waals surface area contributed by atoms with E-state index in [0.717, 1.165) is 16.7 Å². The van der Waals surface area contributed by atoms with E-state index in [1.165, 1.54) is 0 Å². The van der Waals surface area contributed by atoms with Crippen molar-refractivity contribution in [3.05, 3.63) is 95.6 Å². The molecule has 0 amide bonds. The molecule has 0 radical (unpaired) electrons. The number of hydrogen-bond donors (Lipinski definition) is 2. The first-order chi connectivity index (χ1) is 14.6. The molecule has 30 heavy (non-hydrogen) atoms. The van der Waals surface area contributed by atoms with Crippen molar-refractivity contribution in [2.75, 3.05) is 27.3 Å². The maximum Gasteiger partial charge on any atom is 0.119 e. The molecule has 158 valence electrons. The molecule has 0 saturated heterocycles. The van der Waals surface area contributed by atoms with Gasteiger partial charge in [0.2, 0.25) is 0 Å². The zero-order chi connectivity index (χ0) is 21.3. The fourth-order valence-electron chi connectivity index (χ4n) is 3.44. The van der Waals surface area contributed by atoms with E-state index in [9.17, 15) is 10.2 Å². The second-order valence-corrected chi connectivity index (χ2v) is 7.26. The summed E-state index contributed by atoms with van der Waals surface area (Å²) in [4.78, 5) is 2.06. The third kappa shape index (κ3) is 6.07. The number of aliphatic hydroxyl groups is 2. The molecule has 0 bridgehead atoms. The van der Waals surface area contributed by atoms with Crippen molar-refractivity contribution >= 4 is 0 Å². The largest absolute Gasteiger partial charge is 0.497 e. The van der Waals surface area contributed by atoms with Gasteiger partial charge in [-0.25, -0.2) is 0 Å². The van der Waals surface area contributed by atoms with E-state index >= 15 is 0 Å². The van der Waals surface area contributed by atoms with Gasteiger partial charge in [-0.1, -0.05) is 54.6 Å².